The molecule has 1 aromatic heterocycles. The summed E-state index contributed by atoms with van der Waals surface area (Å²) in [5.74, 6) is 0.883. The average molecular weight is 336 g/mol. The summed E-state index contributed by atoms with van der Waals surface area (Å²) in [5, 5.41) is 8.01. The fraction of sp³-hybridized carbons (Fsp3) is 0.471. The number of piperazine rings is 1. The molecule has 24 heavy (non-hydrogen) atoms. The van der Waals surface area contributed by atoms with Crippen molar-refractivity contribution in [1.82, 2.24) is 15.1 Å². The fourth-order valence-corrected chi connectivity index (χ4v) is 2.81. The number of anilines is 1. The number of benzene rings is 1. The summed E-state index contributed by atoms with van der Waals surface area (Å²) >= 11 is 0. The minimum atomic E-state index is -2.47. The summed E-state index contributed by atoms with van der Waals surface area (Å²) < 4.78 is 32.7. The minimum Gasteiger partial charge on any atom is -0.375 e. The van der Waals surface area contributed by atoms with Gasteiger partial charge in [-0.2, -0.15) is 0 Å². The van der Waals surface area contributed by atoms with Gasteiger partial charge in [-0.05, 0) is 19.1 Å². The summed E-state index contributed by atoms with van der Waals surface area (Å²) in [5.41, 5.74) is 1.66. The molecule has 0 bridgehead atoms. The molecule has 0 radical (unpaired) electrons. The average Bonchev–Trinajstić information content (AvgIpc) is 3.07. The number of halogens is 2. The van der Waals surface area contributed by atoms with E-state index in [4.69, 9.17) is 9.84 Å². The van der Waals surface area contributed by atoms with Crippen LogP contribution < -0.4 is 10.2 Å². The summed E-state index contributed by atoms with van der Waals surface area (Å²) in [7, 11) is 1.65. The van der Waals surface area contributed by atoms with E-state index in [-0.39, 0.29) is 11.7 Å². The van der Waals surface area contributed by atoms with Gasteiger partial charge in [-0.3, -0.25) is 0 Å². The van der Waals surface area contributed by atoms with Gasteiger partial charge in [-0.25, -0.2) is 13.5 Å². The number of nitrogens with zero attached hydrogens (tertiary/aromatic N) is 3. The van der Waals surface area contributed by atoms with E-state index in [0.29, 0.717) is 0 Å². The zero-order chi connectivity index (χ0) is 17.1. The molecule has 1 aliphatic heterocycles. The zero-order valence-corrected chi connectivity index (χ0v) is 13.9. The molecule has 5 nitrogen and oxygen atoms in total. The molecule has 2 aromatic rings. The second-order valence-electron chi connectivity index (χ2n) is 5.85. The normalized spacial score (nSPS) is 16.6. The number of hydrogen-bond donors (Lipinski definition) is 1. The van der Waals surface area contributed by atoms with Gasteiger partial charge < -0.3 is 15.0 Å². The summed E-state index contributed by atoms with van der Waals surface area (Å²) in [6.07, 6.45) is -2.62. The lowest BCUT2D eigenvalue weighted by Gasteiger charge is -2.27. The Morgan fingerprint density at radius 2 is 1.83 bits per heavy atom. The Morgan fingerprint density at radius 1 is 1.17 bits per heavy atom. The lowest BCUT2D eigenvalue weighted by atomic mass is 10.2. The molecule has 0 saturated carbocycles. The Bertz CT molecular complexity index is 666. The van der Waals surface area contributed by atoms with Crippen molar-refractivity contribution in [3.63, 3.8) is 0 Å². The highest BCUT2D eigenvalue weighted by atomic mass is 19.3. The van der Waals surface area contributed by atoms with Crippen LogP contribution in [0.1, 0.15) is 30.7 Å². The molecule has 0 aliphatic carbocycles. The Labute approximate surface area is 140 Å². The minimum absolute atomic E-state index is 0.00887. The smallest absolute Gasteiger partial charge is 0.263 e. The maximum atomic E-state index is 12.8. The van der Waals surface area contributed by atoms with Crippen LogP contribution in [-0.2, 0) is 4.74 Å². The van der Waals surface area contributed by atoms with Crippen molar-refractivity contribution >= 4 is 5.82 Å². The van der Waals surface area contributed by atoms with Gasteiger partial charge in [0.2, 0.25) is 0 Å². The van der Waals surface area contributed by atoms with Gasteiger partial charge in [0.25, 0.3) is 6.43 Å². The molecule has 7 heteroatoms. The lowest BCUT2D eigenvalue weighted by molar-refractivity contribution is 0.114. The molecule has 3 rings (SSSR count). The monoisotopic (exact) mass is 336 g/mol. The fourth-order valence-electron chi connectivity index (χ4n) is 2.81. The van der Waals surface area contributed by atoms with Gasteiger partial charge >= 0.3 is 0 Å². The van der Waals surface area contributed by atoms with E-state index >= 15 is 0 Å². The Morgan fingerprint density at radius 3 is 2.42 bits per heavy atom. The van der Waals surface area contributed by atoms with E-state index in [1.165, 1.54) is 12.1 Å². The number of ether oxygens (including phenoxy) is 1. The van der Waals surface area contributed by atoms with Crippen LogP contribution in [0.3, 0.4) is 0 Å². The van der Waals surface area contributed by atoms with Crippen molar-refractivity contribution in [3.8, 4) is 5.69 Å². The van der Waals surface area contributed by atoms with Crippen molar-refractivity contribution in [2.24, 2.45) is 0 Å². The highest BCUT2D eigenvalue weighted by molar-refractivity contribution is 5.45. The summed E-state index contributed by atoms with van der Waals surface area (Å²) in [4.78, 5) is 2.21. The van der Waals surface area contributed by atoms with E-state index in [2.05, 4.69) is 10.2 Å². The van der Waals surface area contributed by atoms with E-state index in [9.17, 15) is 8.78 Å². The molecule has 1 saturated heterocycles. The largest absolute Gasteiger partial charge is 0.375 e. The molecule has 1 unspecified atom stereocenters. The lowest BCUT2D eigenvalue weighted by Crippen LogP contribution is -2.43. The molecule has 1 aromatic carbocycles. The molecule has 0 amide bonds. The van der Waals surface area contributed by atoms with Crippen LogP contribution in [0.15, 0.2) is 30.3 Å². The van der Waals surface area contributed by atoms with E-state index < -0.39 is 6.43 Å². The Kier molecular flexibility index (Phi) is 5.11. The maximum absolute atomic E-state index is 12.8. The number of hydrogen-bond acceptors (Lipinski definition) is 4. The maximum Gasteiger partial charge on any atom is 0.263 e. The Balaban J connectivity index is 1.96. The molecule has 1 fully saturated rings. The van der Waals surface area contributed by atoms with Crippen molar-refractivity contribution < 1.29 is 13.5 Å². The predicted molar refractivity (Wildman–Crippen MR) is 89.0 cm³/mol. The predicted octanol–water partition coefficient (Wildman–Crippen LogP) is 2.93. The van der Waals surface area contributed by atoms with Crippen molar-refractivity contribution in [2.45, 2.75) is 19.5 Å². The van der Waals surface area contributed by atoms with Gasteiger partial charge in [-0.15, -0.1) is 5.10 Å². The van der Waals surface area contributed by atoms with Crippen LogP contribution in [0.4, 0.5) is 14.6 Å². The molecule has 1 atom stereocenters. The van der Waals surface area contributed by atoms with Gasteiger partial charge in [0.05, 0.1) is 17.5 Å². The first-order valence-electron chi connectivity index (χ1n) is 8.07. The van der Waals surface area contributed by atoms with Crippen molar-refractivity contribution in [3.05, 3.63) is 41.6 Å². The topological polar surface area (TPSA) is 42.3 Å². The first kappa shape index (κ1) is 16.9. The molecule has 0 spiro atoms. The zero-order valence-electron chi connectivity index (χ0n) is 13.9. The van der Waals surface area contributed by atoms with Crippen LogP contribution >= 0.6 is 0 Å². The van der Waals surface area contributed by atoms with Gasteiger partial charge in [0.15, 0.2) is 5.82 Å². The first-order chi connectivity index (χ1) is 11.6. The van der Waals surface area contributed by atoms with Crippen molar-refractivity contribution in [1.29, 1.82) is 0 Å². The number of aromatic nitrogens is 2. The summed E-state index contributed by atoms with van der Waals surface area (Å²) in [6.45, 7) is 5.57. The number of methoxy groups -OCH3 is 1. The SMILES string of the molecule is COC(C)c1cc(N2CCNCC2)nn1-c1ccc(C(F)F)cc1. The molecule has 2 heterocycles. The van der Waals surface area contributed by atoms with E-state index in [1.54, 1.807) is 23.9 Å². The molecule has 130 valence electrons. The third-order valence-corrected chi connectivity index (χ3v) is 4.32. The van der Waals surface area contributed by atoms with Crippen molar-refractivity contribution in [2.75, 3.05) is 38.2 Å². The summed E-state index contributed by atoms with van der Waals surface area (Å²) in [6, 6.07) is 8.23. The van der Waals surface area contributed by atoms with E-state index in [1.807, 2.05) is 13.0 Å². The van der Waals surface area contributed by atoms with Crippen LogP contribution in [0.25, 0.3) is 5.69 Å². The molecule has 1 aliphatic rings. The quantitative estimate of drug-likeness (QED) is 0.912. The van der Waals surface area contributed by atoms with Crippen LogP contribution in [0.5, 0.6) is 0 Å². The third kappa shape index (κ3) is 3.42. The highest BCUT2D eigenvalue weighted by Crippen LogP contribution is 2.27. The number of alkyl halides is 2. The Hall–Kier alpha value is -1.99. The standard InChI is InChI=1S/C17H22F2N4O/c1-12(24-2)15-11-16(22-9-7-20-8-10-22)21-23(15)14-5-3-13(4-6-14)17(18)19/h3-6,11-12,17,20H,7-10H2,1-2H3. The first-order valence-corrected chi connectivity index (χ1v) is 8.07. The molecule has 1 N–H and O–H groups in total. The second-order valence-corrected chi connectivity index (χ2v) is 5.85. The number of nitrogens with one attached hydrogen (secondary N) is 1. The molecular formula is C17H22F2N4O. The van der Waals surface area contributed by atoms with Gasteiger partial charge in [0, 0.05) is 44.9 Å². The second kappa shape index (κ2) is 7.27. The van der Waals surface area contributed by atoms with Crippen LogP contribution in [0, 0.1) is 0 Å². The third-order valence-electron chi connectivity index (χ3n) is 4.32. The van der Waals surface area contributed by atoms with Crippen LogP contribution in [0.2, 0.25) is 0 Å². The highest BCUT2D eigenvalue weighted by Gasteiger charge is 2.20. The van der Waals surface area contributed by atoms with Gasteiger partial charge in [-0.1, -0.05) is 12.1 Å². The molecular weight excluding hydrogens is 314 g/mol. The van der Waals surface area contributed by atoms with E-state index in [0.717, 1.165) is 43.4 Å². The number of rotatable bonds is 5. The van der Waals surface area contributed by atoms with Crippen LogP contribution in [-0.4, -0.2) is 43.1 Å². The van der Waals surface area contributed by atoms with Gasteiger partial charge in [0.1, 0.15) is 0 Å².